The summed E-state index contributed by atoms with van der Waals surface area (Å²) in [5.41, 5.74) is 5.09. The number of benzene rings is 1. The van der Waals surface area contributed by atoms with Crippen LogP contribution in [0, 0.1) is 5.92 Å². The normalized spacial score (nSPS) is 14.4. The molecule has 0 amide bonds. The van der Waals surface area contributed by atoms with Gasteiger partial charge in [0.2, 0.25) is 0 Å². The van der Waals surface area contributed by atoms with E-state index in [1.807, 2.05) is 0 Å². The van der Waals surface area contributed by atoms with Crippen molar-refractivity contribution in [3.63, 3.8) is 0 Å². The van der Waals surface area contributed by atoms with Crippen molar-refractivity contribution in [2.24, 2.45) is 5.92 Å². The van der Waals surface area contributed by atoms with E-state index in [1.165, 1.54) is 24.8 Å². The second-order valence-electron chi connectivity index (χ2n) is 8.44. The van der Waals surface area contributed by atoms with Crippen molar-refractivity contribution in [2.75, 3.05) is 0 Å². The third kappa shape index (κ3) is 4.36. The molecular weight excluding hydrogens is 240 g/mol. The monoisotopic (exact) mass is 274 g/mol. The van der Waals surface area contributed by atoms with Crippen LogP contribution < -0.4 is 0 Å². The van der Waals surface area contributed by atoms with Crippen LogP contribution >= 0.6 is 0 Å². The lowest BCUT2D eigenvalue weighted by molar-refractivity contribution is 0.494. The highest BCUT2D eigenvalue weighted by atomic mass is 14.3. The predicted octanol–water partition coefficient (Wildman–Crippen LogP) is 6.26. The van der Waals surface area contributed by atoms with Crippen molar-refractivity contribution < 1.29 is 0 Å². The Bertz CT molecular complexity index is 426. The third-order valence-corrected chi connectivity index (χ3v) is 4.06. The van der Waals surface area contributed by atoms with Crippen LogP contribution in [-0.2, 0) is 17.3 Å². The molecule has 0 aliphatic carbocycles. The van der Waals surface area contributed by atoms with Gasteiger partial charge in [-0.1, -0.05) is 86.4 Å². The van der Waals surface area contributed by atoms with Gasteiger partial charge in [0.25, 0.3) is 0 Å². The lowest BCUT2D eigenvalue weighted by atomic mass is 9.72. The quantitative estimate of drug-likeness (QED) is 0.608. The molecule has 0 N–H and O–H groups in total. The molecule has 114 valence electrons. The summed E-state index contributed by atoms with van der Waals surface area (Å²) in [6.45, 7) is 18.7. The molecule has 0 saturated carbocycles. The highest BCUT2D eigenvalue weighted by Gasteiger charge is 2.27. The number of hydrogen-bond donors (Lipinski definition) is 0. The van der Waals surface area contributed by atoms with E-state index in [1.54, 1.807) is 11.1 Å². The van der Waals surface area contributed by atoms with E-state index in [4.69, 9.17) is 0 Å². The standard InChI is InChI=1S/C20H34/c1-9-11-15(2)14-16-12-10-13-17(19(3,4)5)18(16)20(6,7)8/h10,12-13,15H,9,11,14H2,1-8H3. The van der Waals surface area contributed by atoms with Crippen molar-refractivity contribution in [3.05, 3.63) is 34.9 Å². The zero-order valence-electron chi connectivity index (χ0n) is 14.9. The SMILES string of the molecule is CCCC(C)Cc1cccc(C(C)(C)C)c1C(C)(C)C. The van der Waals surface area contributed by atoms with Crippen molar-refractivity contribution >= 4 is 0 Å². The maximum Gasteiger partial charge on any atom is -0.0126 e. The summed E-state index contributed by atoms with van der Waals surface area (Å²) in [6.07, 6.45) is 3.82. The molecule has 1 aromatic carbocycles. The smallest absolute Gasteiger partial charge is 0.0126 e. The first-order chi connectivity index (χ1) is 9.07. The average molecular weight is 274 g/mol. The van der Waals surface area contributed by atoms with Crippen LogP contribution in [0.2, 0.25) is 0 Å². The Morgan fingerprint density at radius 3 is 2.00 bits per heavy atom. The van der Waals surface area contributed by atoms with Gasteiger partial charge in [-0.3, -0.25) is 0 Å². The highest BCUT2D eigenvalue weighted by Crippen LogP contribution is 2.37. The van der Waals surface area contributed by atoms with E-state index in [-0.39, 0.29) is 10.8 Å². The molecule has 1 rings (SSSR count). The van der Waals surface area contributed by atoms with Crippen LogP contribution in [0.25, 0.3) is 0 Å². The van der Waals surface area contributed by atoms with Gasteiger partial charge in [-0.2, -0.15) is 0 Å². The van der Waals surface area contributed by atoms with Crippen molar-refractivity contribution in [3.8, 4) is 0 Å². The van der Waals surface area contributed by atoms with Gasteiger partial charge in [0.1, 0.15) is 0 Å². The third-order valence-electron chi connectivity index (χ3n) is 4.06. The molecule has 0 spiro atoms. The largest absolute Gasteiger partial charge is 0.0654 e. The fraction of sp³-hybridized carbons (Fsp3) is 0.700. The van der Waals surface area contributed by atoms with E-state index in [2.05, 4.69) is 73.6 Å². The lowest BCUT2D eigenvalue weighted by Gasteiger charge is -2.33. The summed E-state index contributed by atoms with van der Waals surface area (Å²) in [6, 6.07) is 6.93. The Hall–Kier alpha value is -0.780. The summed E-state index contributed by atoms with van der Waals surface area (Å²) in [5, 5.41) is 0. The molecular formula is C20H34. The molecule has 0 saturated heterocycles. The summed E-state index contributed by atoms with van der Waals surface area (Å²) < 4.78 is 0. The van der Waals surface area contributed by atoms with E-state index < -0.39 is 0 Å². The first-order valence-electron chi connectivity index (χ1n) is 8.20. The fourth-order valence-electron chi connectivity index (χ4n) is 3.25. The van der Waals surface area contributed by atoms with Gasteiger partial charge < -0.3 is 0 Å². The first-order valence-corrected chi connectivity index (χ1v) is 8.20. The second-order valence-corrected chi connectivity index (χ2v) is 8.44. The zero-order chi connectivity index (χ0) is 15.6. The van der Waals surface area contributed by atoms with Gasteiger partial charge in [0.15, 0.2) is 0 Å². The van der Waals surface area contributed by atoms with Gasteiger partial charge in [0, 0.05) is 0 Å². The molecule has 0 heterocycles. The topological polar surface area (TPSA) is 0 Å². The molecule has 0 aliphatic heterocycles. The van der Waals surface area contributed by atoms with Gasteiger partial charge in [0.05, 0.1) is 0 Å². The average Bonchev–Trinajstić information content (AvgIpc) is 2.26. The van der Waals surface area contributed by atoms with Crippen LogP contribution in [0.4, 0.5) is 0 Å². The summed E-state index contributed by atoms with van der Waals surface area (Å²) in [5.74, 6) is 0.774. The van der Waals surface area contributed by atoms with E-state index in [0.717, 1.165) is 5.92 Å². The van der Waals surface area contributed by atoms with Crippen LogP contribution in [0.5, 0.6) is 0 Å². The molecule has 1 aromatic rings. The Kier molecular flexibility index (Phi) is 5.46. The molecule has 1 unspecified atom stereocenters. The van der Waals surface area contributed by atoms with Gasteiger partial charge in [-0.25, -0.2) is 0 Å². The van der Waals surface area contributed by atoms with E-state index >= 15 is 0 Å². The van der Waals surface area contributed by atoms with Gasteiger partial charge in [-0.15, -0.1) is 0 Å². The molecule has 0 bridgehead atoms. The minimum absolute atomic E-state index is 0.213. The highest BCUT2D eigenvalue weighted by molar-refractivity contribution is 5.43. The maximum absolute atomic E-state index is 2.39. The Morgan fingerprint density at radius 2 is 1.55 bits per heavy atom. The Balaban J connectivity index is 3.31. The van der Waals surface area contributed by atoms with E-state index in [0.29, 0.717) is 0 Å². The molecule has 0 fully saturated rings. The summed E-state index contributed by atoms with van der Waals surface area (Å²) in [7, 11) is 0. The maximum atomic E-state index is 2.39. The van der Waals surface area contributed by atoms with Crippen LogP contribution in [0.15, 0.2) is 18.2 Å². The van der Waals surface area contributed by atoms with Gasteiger partial charge in [-0.05, 0) is 39.9 Å². The van der Waals surface area contributed by atoms with Crippen molar-refractivity contribution in [1.29, 1.82) is 0 Å². The van der Waals surface area contributed by atoms with E-state index in [9.17, 15) is 0 Å². The van der Waals surface area contributed by atoms with Crippen molar-refractivity contribution in [1.82, 2.24) is 0 Å². The number of rotatable bonds is 4. The molecule has 1 atom stereocenters. The molecule has 0 nitrogen and oxygen atoms in total. The minimum Gasteiger partial charge on any atom is -0.0654 e. The summed E-state index contributed by atoms with van der Waals surface area (Å²) >= 11 is 0. The molecule has 20 heavy (non-hydrogen) atoms. The number of hydrogen-bond acceptors (Lipinski definition) is 0. The minimum atomic E-state index is 0.213. The van der Waals surface area contributed by atoms with Crippen LogP contribution in [0.1, 0.15) is 84.9 Å². The first kappa shape index (κ1) is 17.3. The molecule has 0 aromatic heterocycles. The van der Waals surface area contributed by atoms with Crippen LogP contribution in [-0.4, -0.2) is 0 Å². The van der Waals surface area contributed by atoms with Gasteiger partial charge >= 0.3 is 0 Å². The zero-order valence-corrected chi connectivity index (χ0v) is 14.9. The molecule has 0 heteroatoms. The second kappa shape index (κ2) is 6.33. The fourth-order valence-corrected chi connectivity index (χ4v) is 3.25. The molecule has 0 aliphatic rings. The van der Waals surface area contributed by atoms with Crippen LogP contribution in [0.3, 0.4) is 0 Å². The predicted molar refractivity (Wildman–Crippen MR) is 91.6 cm³/mol. The Morgan fingerprint density at radius 1 is 0.950 bits per heavy atom. The molecule has 0 radical (unpaired) electrons. The lowest BCUT2D eigenvalue weighted by Crippen LogP contribution is -2.24. The summed E-state index contributed by atoms with van der Waals surface area (Å²) in [4.78, 5) is 0. The Labute approximate surface area is 127 Å². The van der Waals surface area contributed by atoms with Crippen molar-refractivity contribution in [2.45, 2.75) is 85.5 Å².